The van der Waals surface area contributed by atoms with Gasteiger partial charge in [-0.25, -0.2) is 13.1 Å². The van der Waals surface area contributed by atoms with E-state index in [1.807, 2.05) is 13.0 Å². The first-order chi connectivity index (χ1) is 9.04. The van der Waals surface area contributed by atoms with Gasteiger partial charge in [0.05, 0.1) is 5.25 Å². The fraction of sp³-hybridized carbons (Fsp3) is 0.750. The second-order valence-corrected chi connectivity index (χ2v) is 7.53. The Morgan fingerprint density at radius 1 is 1.32 bits per heavy atom. The second kappa shape index (κ2) is 4.79. The van der Waals surface area contributed by atoms with Crippen LogP contribution >= 0.6 is 0 Å². The van der Waals surface area contributed by atoms with Crippen molar-refractivity contribution in [3.8, 4) is 0 Å². The molecular weight excluding hydrogens is 264 g/mol. The Morgan fingerprint density at radius 3 is 2.53 bits per heavy atom. The highest BCUT2D eigenvalue weighted by atomic mass is 32.2. The van der Waals surface area contributed by atoms with E-state index in [0.717, 1.165) is 50.3 Å². The van der Waals surface area contributed by atoms with Crippen molar-refractivity contribution < 1.29 is 8.42 Å². The number of H-pyrrole nitrogens is 1. The van der Waals surface area contributed by atoms with Gasteiger partial charge < -0.3 is 4.90 Å². The molecule has 3 rings (SSSR count). The summed E-state index contributed by atoms with van der Waals surface area (Å²) in [5.74, 6) is 0.959. The summed E-state index contributed by atoms with van der Waals surface area (Å²) < 4.78 is 26.6. The maximum Gasteiger partial charge on any atom is 0.214 e. The molecule has 6 nitrogen and oxygen atoms in total. The Labute approximate surface area is 113 Å². The van der Waals surface area contributed by atoms with Gasteiger partial charge in [0.15, 0.2) is 5.82 Å². The standard InChI is InChI=1S/C12H20N4O2S/c1-9-8-12(14-13-9)16-6-4-10(5-7-16)15-19(17,18)11-2-3-11/h8,10-11,15H,2-7H2,1H3,(H,13,14). The Kier molecular flexibility index (Phi) is 3.26. The van der Waals surface area contributed by atoms with E-state index in [0.29, 0.717) is 0 Å². The van der Waals surface area contributed by atoms with Crippen LogP contribution in [-0.4, -0.2) is 43.0 Å². The molecule has 1 aromatic rings. The summed E-state index contributed by atoms with van der Waals surface area (Å²) in [4.78, 5) is 2.20. The number of anilines is 1. The van der Waals surface area contributed by atoms with Gasteiger partial charge in [-0.05, 0) is 32.6 Å². The summed E-state index contributed by atoms with van der Waals surface area (Å²) in [5, 5.41) is 7.05. The number of nitrogens with one attached hydrogen (secondary N) is 2. The number of aromatic nitrogens is 2. The van der Waals surface area contributed by atoms with Gasteiger partial charge in [-0.3, -0.25) is 5.10 Å². The van der Waals surface area contributed by atoms with E-state index in [2.05, 4.69) is 19.8 Å². The lowest BCUT2D eigenvalue weighted by Crippen LogP contribution is -2.45. The van der Waals surface area contributed by atoms with Crippen LogP contribution in [0.25, 0.3) is 0 Å². The van der Waals surface area contributed by atoms with E-state index < -0.39 is 10.0 Å². The molecule has 0 radical (unpaired) electrons. The lowest BCUT2D eigenvalue weighted by molar-refractivity contribution is 0.458. The lowest BCUT2D eigenvalue weighted by Gasteiger charge is -2.32. The number of hydrogen-bond donors (Lipinski definition) is 2. The predicted octanol–water partition coefficient (Wildman–Crippen LogP) is 0.769. The SMILES string of the molecule is Cc1cc(N2CCC(NS(=O)(=O)C3CC3)CC2)n[nH]1. The molecule has 2 aliphatic rings. The summed E-state index contributed by atoms with van der Waals surface area (Å²) in [6.07, 6.45) is 3.33. The average molecular weight is 284 g/mol. The molecule has 19 heavy (non-hydrogen) atoms. The van der Waals surface area contributed by atoms with Crippen LogP contribution < -0.4 is 9.62 Å². The smallest absolute Gasteiger partial charge is 0.214 e. The van der Waals surface area contributed by atoms with Crippen LogP contribution in [0.15, 0.2) is 6.07 Å². The molecule has 0 aromatic carbocycles. The van der Waals surface area contributed by atoms with E-state index >= 15 is 0 Å². The molecule has 1 saturated carbocycles. The van der Waals surface area contributed by atoms with Crippen LogP contribution in [0.5, 0.6) is 0 Å². The van der Waals surface area contributed by atoms with Gasteiger partial charge in [0.25, 0.3) is 0 Å². The van der Waals surface area contributed by atoms with Crippen LogP contribution in [0.4, 0.5) is 5.82 Å². The topological polar surface area (TPSA) is 78.1 Å². The quantitative estimate of drug-likeness (QED) is 0.856. The van der Waals surface area contributed by atoms with Crippen LogP contribution in [0.1, 0.15) is 31.4 Å². The normalized spacial score (nSPS) is 21.8. The number of piperidine rings is 1. The molecule has 1 aromatic heterocycles. The molecule has 2 heterocycles. The van der Waals surface area contributed by atoms with Gasteiger partial charge in [-0.1, -0.05) is 0 Å². The van der Waals surface area contributed by atoms with E-state index in [1.165, 1.54) is 0 Å². The molecule has 1 aliphatic heterocycles. The summed E-state index contributed by atoms with van der Waals surface area (Å²) in [5.41, 5.74) is 1.05. The number of rotatable bonds is 4. The molecule has 0 bridgehead atoms. The lowest BCUT2D eigenvalue weighted by atomic mass is 10.1. The zero-order valence-electron chi connectivity index (χ0n) is 11.1. The fourth-order valence-electron chi connectivity index (χ4n) is 2.50. The molecule has 7 heteroatoms. The third-order valence-electron chi connectivity index (χ3n) is 3.81. The van der Waals surface area contributed by atoms with E-state index in [4.69, 9.17) is 0 Å². The molecule has 1 saturated heterocycles. The number of aromatic amines is 1. The zero-order chi connectivity index (χ0) is 13.5. The first kappa shape index (κ1) is 12.9. The van der Waals surface area contributed by atoms with Crippen LogP contribution in [0.2, 0.25) is 0 Å². The Bertz CT molecular complexity index is 542. The second-order valence-electron chi connectivity index (χ2n) is 5.53. The number of sulfonamides is 1. The summed E-state index contributed by atoms with van der Waals surface area (Å²) >= 11 is 0. The monoisotopic (exact) mass is 284 g/mol. The van der Waals surface area contributed by atoms with Gasteiger partial charge in [0, 0.05) is 30.9 Å². The average Bonchev–Trinajstić information content (AvgIpc) is 3.14. The summed E-state index contributed by atoms with van der Waals surface area (Å²) in [7, 11) is -3.06. The molecule has 1 aliphatic carbocycles. The van der Waals surface area contributed by atoms with Gasteiger partial charge in [0.1, 0.15) is 0 Å². The molecule has 2 N–H and O–H groups in total. The minimum absolute atomic E-state index is 0.0851. The van der Waals surface area contributed by atoms with Gasteiger partial charge >= 0.3 is 0 Å². The van der Waals surface area contributed by atoms with Crippen LogP contribution in [0, 0.1) is 6.92 Å². The third kappa shape index (κ3) is 2.92. The number of nitrogens with zero attached hydrogens (tertiary/aromatic N) is 2. The van der Waals surface area contributed by atoms with Gasteiger partial charge in [-0.2, -0.15) is 5.10 Å². The van der Waals surface area contributed by atoms with Crippen LogP contribution in [-0.2, 0) is 10.0 Å². The largest absolute Gasteiger partial charge is 0.355 e. The van der Waals surface area contributed by atoms with Crippen molar-refractivity contribution in [2.75, 3.05) is 18.0 Å². The first-order valence-corrected chi connectivity index (χ1v) is 8.37. The summed E-state index contributed by atoms with van der Waals surface area (Å²) in [6, 6.07) is 2.11. The highest BCUT2D eigenvalue weighted by molar-refractivity contribution is 7.90. The van der Waals surface area contributed by atoms with E-state index in [-0.39, 0.29) is 11.3 Å². The van der Waals surface area contributed by atoms with Crippen molar-refractivity contribution >= 4 is 15.8 Å². The van der Waals surface area contributed by atoms with Gasteiger partial charge in [-0.15, -0.1) is 0 Å². The molecule has 0 atom stereocenters. The van der Waals surface area contributed by atoms with Crippen LogP contribution in [0.3, 0.4) is 0 Å². The molecule has 106 valence electrons. The Morgan fingerprint density at radius 2 is 2.00 bits per heavy atom. The van der Waals surface area contributed by atoms with Gasteiger partial charge in [0.2, 0.25) is 10.0 Å². The fourth-order valence-corrected chi connectivity index (χ4v) is 4.15. The van der Waals surface area contributed by atoms with Crippen molar-refractivity contribution in [2.45, 2.75) is 43.9 Å². The highest BCUT2D eigenvalue weighted by Gasteiger charge is 2.37. The molecule has 0 spiro atoms. The Hall–Kier alpha value is -1.08. The van der Waals surface area contributed by atoms with Crippen molar-refractivity contribution in [3.05, 3.63) is 11.8 Å². The number of aryl methyl sites for hydroxylation is 1. The van der Waals surface area contributed by atoms with E-state index in [1.54, 1.807) is 0 Å². The number of hydrogen-bond acceptors (Lipinski definition) is 4. The van der Waals surface area contributed by atoms with Crippen molar-refractivity contribution in [1.82, 2.24) is 14.9 Å². The molecule has 0 unspecified atom stereocenters. The summed E-state index contributed by atoms with van der Waals surface area (Å²) in [6.45, 7) is 3.68. The maximum absolute atomic E-state index is 11.9. The zero-order valence-corrected chi connectivity index (χ0v) is 11.9. The Balaban J connectivity index is 1.54. The highest BCUT2D eigenvalue weighted by Crippen LogP contribution is 2.28. The van der Waals surface area contributed by atoms with Crippen molar-refractivity contribution in [2.24, 2.45) is 0 Å². The molecule has 2 fully saturated rings. The van der Waals surface area contributed by atoms with Crippen molar-refractivity contribution in [3.63, 3.8) is 0 Å². The van der Waals surface area contributed by atoms with E-state index in [9.17, 15) is 8.42 Å². The minimum atomic E-state index is -3.06. The maximum atomic E-state index is 11.9. The molecule has 0 amide bonds. The predicted molar refractivity (Wildman–Crippen MR) is 73.6 cm³/mol. The first-order valence-electron chi connectivity index (χ1n) is 6.83. The third-order valence-corrected chi connectivity index (χ3v) is 5.82. The van der Waals surface area contributed by atoms with Crippen molar-refractivity contribution in [1.29, 1.82) is 0 Å². The molecular formula is C12H20N4O2S. The minimum Gasteiger partial charge on any atom is -0.355 e.